The molecule has 1 amide bonds. The highest BCUT2D eigenvalue weighted by Gasteiger charge is 2.17. The zero-order valence-corrected chi connectivity index (χ0v) is 15.1. The Bertz CT molecular complexity index is 401. The normalized spacial score (nSPS) is 19.1. The van der Waals surface area contributed by atoms with Crippen molar-refractivity contribution in [2.45, 2.75) is 25.8 Å². The van der Waals surface area contributed by atoms with Gasteiger partial charge in [-0.3, -0.25) is 4.79 Å². The standard InChI is InChI=1S/C12H25N3O3S2.ClH/c1-3-15(20(2,17)18)7-4-5-14-12(16)9-11-10-19-8-6-13-11;/h11,13H,3-10H2,1-2H3,(H,14,16);1H. The van der Waals surface area contributed by atoms with Crippen LogP contribution in [0.5, 0.6) is 0 Å². The molecule has 0 radical (unpaired) electrons. The van der Waals surface area contributed by atoms with E-state index in [1.807, 2.05) is 18.7 Å². The third-order valence-corrected chi connectivity index (χ3v) is 5.67. The van der Waals surface area contributed by atoms with Crippen molar-refractivity contribution in [2.75, 3.05) is 43.9 Å². The Morgan fingerprint density at radius 3 is 2.71 bits per heavy atom. The third-order valence-electron chi connectivity index (χ3n) is 3.16. The van der Waals surface area contributed by atoms with Gasteiger partial charge in [-0.05, 0) is 6.42 Å². The largest absolute Gasteiger partial charge is 0.356 e. The third kappa shape index (κ3) is 8.87. The van der Waals surface area contributed by atoms with E-state index in [2.05, 4.69) is 10.6 Å². The van der Waals surface area contributed by atoms with Gasteiger partial charge < -0.3 is 10.6 Å². The summed E-state index contributed by atoms with van der Waals surface area (Å²) in [5.74, 6) is 2.12. The van der Waals surface area contributed by atoms with Crippen molar-refractivity contribution in [2.24, 2.45) is 0 Å². The van der Waals surface area contributed by atoms with Crippen LogP contribution in [0.1, 0.15) is 19.8 Å². The quantitative estimate of drug-likeness (QED) is 0.609. The first-order valence-corrected chi connectivity index (χ1v) is 9.96. The molecule has 6 nitrogen and oxygen atoms in total. The fraction of sp³-hybridized carbons (Fsp3) is 0.917. The molecule has 1 unspecified atom stereocenters. The molecule has 0 aromatic heterocycles. The van der Waals surface area contributed by atoms with Crippen LogP contribution in [0.3, 0.4) is 0 Å². The van der Waals surface area contributed by atoms with Gasteiger partial charge in [-0.25, -0.2) is 12.7 Å². The molecule has 1 atom stereocenters. The van der Waals surface area contributed by atoms with Gasteiger partial charge in [0.15, 0.2) is 0 Å². The minimum atomic E-state index is -3.13. The number of hydrogen-bond acceptors (Lipinski definition) is 5. The highest BCUT2D eigenvalue weighted by molar-refractivity contribution is 7.99. The molecule has 1 rings (SSSR count). The van der Waals surface area contributed by atoms with Crippen molar-refractivity contribution < 1.29 is 13.2 Å². The van der Waals surface area contributed by atoms with Crippen molar-refractivity contribution >= 4 is 40.1 Å². The van der Waals surface area contributed by atoms with Crippen LogP contribution in [0.4, 0.5) is 0 Å². The van der Waals surface area contributed by atoms with E-state index in [4.69, 9.17) is 0 Å². The minimum absolute atomic E-state index is 0. The summed E-state index contributed by atoms with van der Waals surface area (Å²) in [6, 6.07) is 0.261. The number of thioether (sulfide) groups is 1. The van der Waals surface area contributed by atoms with E-state index in [-0.39, 0.29) is 24.4 Å². The molecule has 0 aliphatic carbocycles. The second kappa shape index (κ2) is 10.7. The van der Waals surface area contributed by atoms with Gasteiger partial charge >= 0.3 is 0 Å². The fourth-order valence-corrected chi connectivity index (χ4v) is 3.97. The molecule has 1 heterocycles. The number of carbonyl (C=O) groups excluding carboxylic acids is 1. The predicted octanol–water partition coefficient (Wildman–Crippen LogP) is 0.291. The summed E-state index contributed by atoms with van der Waals surface area (Å²) in [6.45, 7) is 4.21. The zero-order valence-electron chi connectivity index (χ0n) is 12.6. The number of halogens is 1. The molecule has 0 aromatic rings. The molecule has 1 aliphatic heterocycles. The Hall–Kier alpha value is -0.0200. The van der Waals surface area contributed by atoms with Gasteiger partial charge in [-0.15, -0.1) is 12.4 Å². The highest BCUT2D eigenvalue weighted by Crippen LogP contribution is 2.09. The van der Waals surface area contributed by atoms with E-state index >= 15 is 0 Å². The molecule has 0 saturated carbocycles. The molecule has 126 valence electrons. The predicted molar refractivity (Wildman–Crippen MR) is 90.7 cm³/mol. The van der Waals surface area contributed by atoms with Crippen LogP contribution in [-0.2, 0) is 14.8 Å². The number of hydrogen-bond donors (Lipinski definition) is 2. The summed E-state index contributed by atoms with van der Waals surface area (Å²) in [6.07, 6.45) is 2.34. The summed E-state index contributed by atoms with van der Waals surface area (Å²) in [5.41, 5.74) is 0. The number of amides is 1. The highest BCUT2D eigenvalue weighted by atomic mass is 35.5. The number of rotatable bonds is 8. The molecule has 1 saturated heterocycles. The second-order valence-electron chi connectivity index (χ2n) is 4.89. The van der Waals surface area contributed by atoms with Gasteiger partial charge in [0.1, 0.15) is 0 Å². The Balaban J connectivity index is 0.00000400. The van der Waals surface area contributed by atoms with Crippen molar-refractivity contribution in [3.63, 3.8) is 0 Å². The van der Waals surface area contributed by atoms with Crippen molar-refractivity contribution in [3.8, 4) is 0 Å². The average molecular weight is 360 g/mol. The summed E-state index contributed by atoms with van der Waals surface area (Å²) < 4.78 is 24.2. The first kappa shape index (κ1) is 21.0. The lowest BCUT2D eigenvalue weighted by molar-refractivity contribution is -0.121. The van der Waals surface area contributed by atoms with E-state index in [9.17, 15) is 13.2 Å². The molecule has 9 heteroatoms. The van der Waals surface area contributed by atoms with E-state index in [1.54, 1.807) is 0 Å². The molecule has 2 N–H and O–H groups in total. The van der Waals surface area contributed by atoms with Crippen LogP contribution in [0, 0.1) is 0 Å². The van der Waals surface area contributed by atoms with Crippen molar-refractivity contribution in [1.82, 2.24) is 14.9 Å². The van der Waals surface area contributed by atoms with Crippen molar-refractivity contribution in [1.29, 1.82) is 0 Å². The lowest BCUT2D eigenvalue weighted by atomic mass is 10.2. The molecule has 0 bridgehead atoms. The monoisotopic (exact) mass is 359 g/mol. The zero-order chi connectivity index (χ0) is 15.0. The molecule has 0 spiro atoms. The average Bonchev–Trinajstić information content (AvgIpc) is 2.38. The Kier molecular flexibility index (Phi) is 10.7. The summed E-state index contributed by atoms with van der Waals surface area (Å²) in [4.78, 5) is 11.7. The van der Waals surface area contributed by atoms with Crippen LogP contribution in [-0.4, -0.2) is 68.6 Å². The number of nitrogens with one attached hydrogen (secondary N) is 2. The Morgan fingerprint density at radius 1 is 1.48 bits per heavy atom. The maximum absolute atomic E-state index is 11.7. The molecular formula is C12H26ClN3O3S2. The van der Waals surface area contributed by atoms with E-state index in [1.165, 1.54) is 10.6 Å². The first-order valence-electron chi connectivity index (χ1n) is 6.96. The first-order chi connectivity index (χ1) is 9.43. The van der Waals surface area contributed by atoms with E-state index in [0.717, 1.165) is 18.1 Å². The summed E-state index contributed by atoms with van der Waals surface area (Å²) >= 11 is 1.87. The Morgan fingerprint density at radius 2 is 2.19 bits per heavy atom. The number of nitrogens with zero attached hydrogens (tertiary/aromatic N) is 1. The summed E-state index contributed by atoms with van der Waals surface area (Å²) in [5, 5.41) is 6.17. The van der Waals surface area contributed by atoms with Gasteiger partial charge in [0.25, 0.3) is 0 Å². The SMILES string of the molecule is CCN(CCCNC(=O)CC1CSCCN1)S(C)(=O)=O.Cl. The Labute approximate surface area is 138 Å². The topological polar surface area (TPSA) is 78.5 Å². The molecule has 1 aliphatic rings. The molecule has 0 aromatic carbocycles. The number of carbonyl (C=O) groups is 1. The lowest BCUT2D eigenvalue weighted by Gasteiger charge is -2.22. The second-order valence-corrected chi connectivity index (χ2v) is 8.02. The molecule has 1 fully saturated rings. The van der Waals surface area contributed by atoms with Crippen LogP contribution in [0.2, 0.25) is 0 Å². The van der Waals surface area contributed by atoms with E-state index in [0.29, 0.717) is 32.5 Å². The van der Waals surface area contributed by atoms with Gasteiger partial charge in [-0.1, -0.05) is 6.92 Å². The fourth-order valence-electron chi connectivity index (χ4n) is 2.09. The van der Waals surface area contributed by atoms with Crippen LogP contribution in [0.15, 0.2) is 0 Å². The smallest absolute Gasteiger partial charge is 0.221 e. The van der Waals surface area contributed by atoms with Gasteiger partial charge in [0, 0.05) is 50.1 Å². The van der Waals surface area contributed by atoms with Gasteiger partial charge in [0.05, 0.1) is 6.26 Å². The van der Waals surface area contributed by atoms with Crippen LogP contribution >= 0.6 is 24.2 Å². The van der Waals surface area contributed by atoms with Gasteiger partial charge in [-0.2, -0.15) is 11.8 Å². The van der Waals surface area contributed by atoms with E-state index < -0.39 is 10.0 Å². The number of sulfonamides is 1. The minimum Gasteiger partial charge on any atom is -0.356 e. The van der Waals surface area contributed by atoms with Crippen LogP contribution in [0.25, 0.3) is 0 Å². The molecular weight excluding hydrogens is 334 g/mol. The van der Waals surface area contributed by atoms with Gasteiger partial charge in [0.2, 0.25) is 15.9 Å². The maximum Gasteiger partial charge on any atom is 0.221 e. The molecule has 21 heavy (non-hydrogen) atoms. The lowest BCUT2D eigenvalue weighted by Crippen LogP contribution is -2.41. The maximum atomic E-state index is 11.7. The summed E-state index contributed by atoms with van der Waals surface area (Å²) in [7, 11) is -3.13. The van der Waals surface area contributed by atoms with Crippen LogP contribution < -0.4 is 10.6 Å². The van der Waals surface area contributed by atoms with Crippen molar-refractivity contribution in [3.05, 3.63) is 0 Å².